The molecule has 0 unspecified atom stereocenters. The Morgan fingerprint density at radius 3 is 1.20 bits per heavy atom. The molecule has 0 aromatic rings. The molecule has 2 aliphatic rings. The van der Waals surface area contributed by atoms with Gasteiger partial charge in [0, 0.05) is 12.8 Å². The van der Waals surface area contributed by atoms with E-state index < -0.39 is 0 Å². The number of aliphatic imine (C=N–C) groups is 2. The van der Waals surface area contributed by atoms with Crippen LogP contribution in [0, 0.1) is 0 Å². The Morgan fingerprint density at radius 2 is 1.13 bits per heavy atom. The Labute approximate surface area is 96.6 Å². The van der Waals surface area contributed by atoms with Gasteiger partial charge in [0.25, 0.3) is 0 Å². The minimum absolute atomic E-state index is 0. The summed E-state index contributed by atoms with van der Waals surface area (Å²) in [6.07, 6.45) is 1.27. The third-order valence-corrected chi connectivity index (χ3v) is 1.60. The van der Waals surface area contributed by atoms with E-state index in [2.05, 4.69) is 9.98 Å². The fourth-order valence-corrected chi connectivity index (χ4v) is 0.930. The van der Waals surface area contributed by atoms with Gasteiger partial charge >= 0.3 is 17.1 Å². The first-order valence-corrected chi connectivity index (χ1v) is 4.13. The molecular formula is C8H8CuN2O4. The molecule has 0 aromatic heterocycles. The quantitative estimate of drug-likeness (QED) is 0.475. The summed E-state index contributed by atoms with van der Waals surface area (Å²) in [5.74, 6) is -1.09. The van der Waals surface area contributed by atoms with Crippen molar-refractivity contribution in [2.45, 2.75) is 25.7 Å². The number of nitrogens with zero attached hydrogens (tertiary/aromatic N) is 2. The molecule has 6 nitrogen and oxygen atoms in total. The maximum Gasteiger partial charge on any atom is 2.00 e. The molecule has 2 amide bonds. The Kier molecular flexibility index (Phi) is 5.81. The standard InChI is InChI=1S/2C4H5NO2.Cu/c2*6-3-1-2-4(7)5-3;/h2*1-2H2,(H,5,6,7);/q;;+2/p-2. The third-order valence-electron chi connectivity index (χ3n) is 1.60. The SMILES string of the molecule is O=C1CCC([O-])=N1.O=C1CCC([O-])=N1.[Cu+2]. The molecule has 0 saturated heterocycles. The van der Waals surface area contributed by atoms with Gasteiger partial charge in [0.05, 0.1) is 0 Å². The van der Waals surface area contributed by atoms with Gasteiger partial charge < -0.3 is 10.2 Å². The molecule has 0 spiro atoms. The molecule has 0 aliphatic carbocycles. The fourth-order valence-electron chi connectivity index (χ4n) is 0.930. The summed E-state index contributed by atoms with van der Waals surface area (Å²) in [5, 5.41) is 20.1. The molecule has 0 bridgehead atoms. The van der Waals surface area contributed by atoms with Gasteiger partial charge in [-0.3, -0.25) is 9.59 Å². The summed E-state index contributed by atoms with van der Waals surface area (Å²) in [7, 11) is 0. The van der Waals surface area contributed by atoms with Crippen molar-refractivity contribution >= 4 is 23.6 Å². The molecular weight excluding hydrogens is 252 g/mol. The molecule has 0 fully saturated rings. The van der Waals surface area contributed by atoms with Crippen LogP contribution in [-0.2, 0) is 26.7 Å². The predicted molar refractivity (Wildman–Crippen MR) is 43.4 cm³/mol. The second kappa shape index (κ2) is 6.31. The van der Waals surface area contributed by atoms with Crippen LogP contribution in [0.4, 0.5) is 0 Å². The first kappa shape index (κ1) is 13.8. The number of amides is 2. The van der Waals surface area contributed by atoms with Gasteiger partial charge in [0.1, 0.15) is 0 Å². The van der Waals surface area contributed by atoms with Crippen molar-refractivity contribution in [1.82, 2.24) is 0 Å². The molecule has 15 heavy (non-hydrogen) atoms. The second-order valence-electron chi connectivity index (χ2n) is 2.80. The normalized spacial score (nSPS) is 18.7. The van der Waals surface area contributed by atoms with Crippen LogP contribution in [0.25, 0.3) is 0 Å². The number of hydrogen-bond donors (Lipinski definition) is 0. The molecule has 2 rings (SSSR count). The minimum atomic E-state index is -0.273. The van der Waals surface area contributed by atoms with Gasteiger partial charge in [-0.2, -0.15) is 0 Å². The minimum Gasteiger partial charge on any atom is -0.862 e. The van der Waals surface area contributed by atoms with E-state index in [-0.39, 0.29) is 40.7 Å². The van der Waals surface area contributed by atoms with Crippen molar-refractivity contribution in [3.8, 4) is 0 Å². The molecule has 0 aromatic carbocycles. The first-order valence-electron chi connectivity index (χ1n) is 4.13. The number of carbonyl (C=O) groups is 2. The first-order chi connectivity index (χ1) is 6.58. The van der Waals surface area contributed by atoms with E-state index in [1.54, 1.807) is 0 Å². The zero-order valence-corrected chi connectivity index (χ0v) is 8.60. The van der Waals surface area contributed by atoms with E-state index in [0.717, 1.165) is 0 Å². The van der Waals surface area contributed by atoms with E-state index >= 15 is 0 Å². The second-order valence-corrected chi connectivity index (χ2v) is 2.80. The number of carbonyl (C=O) groups excluding carboxylic acids is 2. The van der Waals surface area contributed by atoms with Crippen LogP contribution >= 0.6 is 0 Å². The Balaban J connectivity index is 0.000000245. The fraction of sp³-hybridized carbons (Fsp3) is 0.500. The predicted octanol–water partition coefficient (Wildman–Crippen LogP) is -1.87. The Hall–Kier alpha value is -1.20. The molecule has 1 radical (unpaired) electrons. The average molecular weight is 260 g/mol. The summed E-state index contributed by atoms with van der Waals surface area (Å²) in [5.41, 5.74) is 0. The smallest absolute Gasteiger partial charge is 0.862 e. The molecule has 0 N–H and O–H groups in total. The van der Waals surface area contributed by atoms with Crippen LogP contribution in [0.5, 0.6) is 0 Å². The largest absolute Gasteiger partial charge is 2.00 e. The average Bonchev–Trinajstić information content (AvgIpc) is 2.63. The summed E-state index contributed by atoms with van der Waals surface area (Å²) in [4.78, 5) is 26.4. The molecule has 7 heteroatoms. The van der Waals surface area contributed by atoms with E-state index in [0.29, 0.717) is 25.7 Å². The van der Waals surface area contributed by atoms with Crippen molar-refractivity contribution in [1.29, 1.82) is 0 Å². The van der Waals surface area contributed by atoms with E-state index in [9.17, 15) is 19.8 Å². The Morgan fingerprint density at radius 1 is 0.800 bits per heavy atom. The van der Waals surface area contributed by atoms with Gasteiger partial charge in [-0.1, -0.05) is 0 Å². The van der Waals surface area contributed by atoms with Gasteiger partial charge in [-0.05, 0) is 24.6 Å². The summed E-state index contributed by atoms with van der Waals surface area (Å²) in [6.45, 7) is 0. The van der Waals surface area contributed by atoms with Crippen LogP contribution in [0.2, 0.25) is 0 Å². The van der Waals surface area contributed by atoms with E-state index in [1.807, 2.05) is 0 Å². The summed E-state index contributed by atoms with van der Waals surface area (Å²) in [6, 6.07) is 0. The monoisotopic (exact) mass is 259 g/mol. The van der Waals surface area contributed by atoms with Crippen LogP contribution in [0.3, 0.4) is 0 Å². The van der Waals surface area contributed by atoms with Crippen LogP contribution in [0.1, 0.15) is 25.7 Å². The van der Waals surface area contributed by atoms with Crippen molar-refractivity contribution in [3.63, 3.8) is 0 Å². The molecule has 85 valence electrons. The van der Waals surface area contributed by atoms with Gasteiger partial charge in [0.2, 0.25) is 11.8 Å². The van der Waals surface area contributed by atoms with Crippen LogP contribution in [0.15, 0.2) is 9.98 Å². The van der Waals surface area contributed by atoms with Crippen LogP contribution in [-0.4, -0.2) is 23.6 Å². The van der Waals surface area contributed by atoms with E-state index in [1.165, 1.54) is 0 Å². The van der Waals surface area contributed by atoms with Crippen molar-refractivity contribution < 1.29 is 36.9 Å². The van der Waals surface area contributed by atoms with E-state index in [4.69, 9.17) is 0 Å². The summed E-state index contributed by atoms with van der Waals surface area (Å²) < 4.78 is 0. The van der Waals surface area contributed by atoms with Crippen molar-refractivity contribution in [2.75, 3.05) is 0 Å². The third kappa shape index (κ3) is 5.29. The zero-order valence-electron chi connectivity index (χ0n) is 7.66. The maximum absolute atomic E-state index is 10.1. The molecule has 0 atom stereocenters. The topological polar surface area (TPSA) is 105 Å². The summed E-state index contributed by atoms with van der Waals surface area (Å²) >= 11 is 0. The van der Waals surface area contributed by atoms with Gasteiger partial charge in [0.15, 0.2) is 0 Å². The zero-order chi connectivity index (χ0) is 10.6. The van der Waals surface area contributed by atoms with Gasteiger partial charge in [-0.25, -0.2) is 9.98 Å². The number of hydrogen-bond acceptors (Lipinski definition) is 4. The number of rotatable bonds is 0. The van der Waals surface area contributed by atoms with Gasteiger partial charge in [-0.15, -0.1) is 0 Å². The molecule has 2 aliphatic heterocycles. The Bertz CT molecular complexity index is 293. The molecule has 0 saturated carbocycles. The molecule has 2 heterocycles. The van der Waals surface area contributed by atoms with Crippen LogP contribution < -0.4 is 10.2 Å². The van der Waals surface area contributed by atoms with Crippen molar-refractivity contribution in [2.24, 2.45) is 9.98 Å². The maximum atomic E-state index is 10.1. The van der Waals surface area contributed by atoms with Crippen molar-refractivity contribution in [3.05, 3.63) is 0 Å².